The van der Waals surface area contributed by atoms with Crippen LogP contribution in [0.2, 0.25) is 0 Å². The van der Waals surface area contributed by atoms with Crippen LogP contribution in [0, 0.1) is 0 Å². The van der Waals surface area contributed by atoms with Crippen molar-refractivity contribution in [1.29, 1.82) is 0 Å². The van der Waals surface area contributed by atoms with E-state index in [2.05, 4.69) is 29.6 Å². The fourth-order valence-electron chi connectivity index (χ4n) is 4.56. The topological polar surface area (TPSA) is 88.0 Å². The van der Waals surface area contributed by atoms with Crippen LogP contribution in [-0.2, 0) is 11.2 Å². The minimum absolute atomic E-state index is 0.0303. The van der Waals surface area contributed by atoms with Gasteiger partial charge in [-0.2, -0.15) is 0 Å². The van der Waals surface area contributed by atoms with Gasteiger partial charge in [0.05, 0.1) is 6.61 Å². The van der Waals surface area contributed by atoms with Gasteiger partial charge in [0.15, 0.2) is 0 Å². The third-order valence-electron chi connectivity index (χ3n) is 6.22. The number of hydrogen-bond acceptors (Lipinski definition) is 5. The summed E-state index contributed by atoms with van der Waals surface area (Å²) in [4.78, 5) is 12.3. The Morgan fingerprint density at radius 2 is 1.72 bits per heavy atom. The quantitative estimate of drug-likeness (QED) is 0.556. The van der Waals surface area contributed by atoms with Gasteiger partial charge in [-0.05, 0) is 45.5 Å². The Morgan fingerprint density at radius 3 is 2.44 bits per heavy atom. The molecule has 0 saturated heterocycles. The molecule has 2 atom stereocenters. The van der Waals surface area contributed by atoms with E-state index in [-0.39, 0.29) is 19.1 Å². The summed E-state index contributed by atoms with van der Waals surface area (Å²) in [6.07, 6.45) is -2.12. The summed E-state index contributed by atoms with van der Waals surface area (Å²) in [5, 5.41) is 23.4. The number of carbonyl (C=O) groups excluding carboxylic acids is 1. The monoisotopic (exact) mass is 431 g/mol. The van der Waals surface area contributed by atoms with Gasteiger partial charge in [-0.1, -0.05) is 54.6 Å². The van der Waals surface area contributed by atoms with Crippen LogP contribution >= 0.6 is 0 Å². The summed E-state index contributed by atoms with van der Waals surface area (Å²) in [6.45, 7) is 0.704. The number of rotatable bonds is 6. The molecule has 6 heteroatoms. The zero-order chi connectivity index (χ0) is 22.1. The number of ether oxygens (including phenoxy) is 2. The van der Waals surface area contributed by atoms with E-state index in [0.29, 0.717) is 12.2 Å². The maximum atomic E-state index is 12.3. The lowest BCUT2D eigenvalue weighted by Gasteiger charge is -2.20. The van der Waals surface area contributed by atoms with Gasteiger partial charge in [0.25, 0.3) is 0 Å². The second-order valence-corrected chi connectivity index (χ2v) is 8.18. The molecule has 1 amide bonds. The third kappa shape index (κ3) is 3.83. The van der Waals surface area contributed by atoms with Crippen LogP contribution in [0.1, 0.15) is 34.3 Å². The van der Waals surface area contributed by atoms with Gasteiger partial charge in [-0.15, -0.1) is 0 Å². The summed E-state index contributed by atoms with van der Waals surface area (Å²) in [5.41, 5.74) is 6.20. The van der Waals surface area contributed by atoms with Crippen molar-refractivity contribution in [2.45, 2.75) is 24.5 Å². The largest absolute Gasteiger partial charge is 0.493 e. The van der Waals surface area contributed by atoms with E-state index < -0.39 is 18.3 Å². The molecule has 32 heavy (non-hydrogen) atoms. The van der Waals surface area contributed by atoms with Crippen LogP contribution in [0.25, 0.3) is 11.1 Å². The average molecular weight is 431 g/mol. The first-order chi connectivity index (χ1) is 15.6. The zero-order valence-electron chi connectivity index (χ0n) is 17.5. The Kier molecular flexibility index (Phi) is 5.55. The second kappa shape index (κ2) is 8.65. The van der Waals surface area contributed by atoms with Crippen molar-refractivity contribution in [2.75, 3.05) is 19.8 Å². The van der Waals surface area contributed by atoms with Crippen molar-refractivity contribution < 1.29 is 24.5 Å². The van der Waals surface area contributed by atoms with Gasteiger partial charge in [0, 0.05) is 18.9 Å². The third-order valence-corrected chi connectivity index (χ3v) is 6.22. The van der Waals surface area contributed by atoms with Crippen LogP contribution < -0.4 is 10.1 Å². The van der Waals surface area contributed by atoms with E-state index in [1.54, 1.807) is 12.1 Å². The minimum Gasteiger partial charge on any atom is -0.493 e. The second-order valence-electron chi connectivity index (χ2n) is 8.18. The predicted molar refractivity (Wildman–Crippen MR) is 120 cm³/mol. The number of aliphatic hydroxyl groups is 2. The predicted octanol–water partition coefficient (Wildman–Crippen LogP) is 3.55. The molecule has 2 aliphatic rings. The highest BCUT2D eigenvalue weighted by molar-refractivity contribution is 5.79. The van der Waals surface area contributed by atoms with Crippen molar-refractivity contribution >= 4 is 6.09 Å². The highest BCUT2D eigenvalue weighted by atomic mass is 16.5. The maximum Gasteiger partial charge on any atom is 0.407 e. The summed E-state index contributed by atoms with van der Waals surface area (Å²) in [7, 11) is 0. The van der Waals surface area contributed by atoms with Crippen LogP contribution in [0.4, 0.5) is 4.79 Å². The molecule has 2 unspecified atom stereocenters. The Hall–Kier alpha value is -3.35. The van der Waals surface area contributed by atoms with Gasteiger partial charge in [0.2, 0.25) is 0 Å². The molecule has 3 N–H and O–H groups in total. The first-order valence-electron chi connectivity index (χ1n) is 10.8. The molecule has 6 nitrogen and oxygen atoms in total. The van der Waals surface area contributed by atoms with Crippen molar-refractivity contribution in [3.8, 4) is 16.9 Å². The molecular formula is C26H25NO5. The molecule has 1 aliphatic heterocycles. The van der Waals surface area contributed by atoms with Crippen LogP contribution in [0.3, 0.4) is 0 Å². The van der Waals surface area contributed by atoms with Gasteiger partial charge in [0.1, 0.15) is 24.6 Å². The summed E-state index contributed by atoms with van der Waals surface area (Å²) in [6, 6.07) is 21.6. The fourth-order valence-corrected chi connectivity index (χ4v) is 4.56. The molecule has 0 fully saturated rings. The molecule has 164 valence electrons. The highest BCUT2D eigenvalue weighted by Crippen LogP contribution is 2.44. The molecule has 1 aliphatic carbocycles. The Balaban J connectivity index is 1.17. The highest BCUT2D eigenvalue weighted by Gasteiger charge is 2.29. The number of nitrogens with one attached hydrogen (secondary N) is 1. The van der Waals surface area contributed by atoms with Crippen LogP contribution in [-0.4, -0.2) is 42.2 Å². The van der Waals surface area contributed by atoms with E-state index in [9.17, 15) is 15.0 Å². The number of alkyl carbamates (subject to hydrolysis) is 1. The number of fused-ring (bicyclic) bond motifs is 4. The lowest BCUT2D eigenvalue weighted by Crippen LogP contribution is -2.36. The molecule has 0 bridgehead atoms. The normalized spacial score (nSPS) is 15.8. The van der Waals surface area contributed by atoms with Gasteiger partial charge < -0.3 is 25.0 Å². The number of aliphatic hydroxyl groups excluding tert-OH is 2. The molecule has 5 rings (SSSR count). The van der Waals surface area contributed by atoms with E-state index in [4.69, 9.17) is 9.47 Å². The van der Waals surface area contributed by atoms with E-state index in [0.717, 1.165) is 40.0 Å². The molecule has 3 aromatic carbocycles. The van der Waals surface area contributed by atoms with Crippen molar-refractivity contribution in [2.24, 2.45) is 0 Å². The van der Waals surface area contributed by atoms with Crippen molar-refractivity contribution in [1.82, 2.24) is 5.32 Å². The molecule has 0 saturated carbocycles. The molecular weight excluding hydrogens is 406 g/mol. The summed E-state index contributed by atoms with van der Waals surface area (Å²) < 4.78 is 10.9. The first-order valence-corrected chi connectivity index (χ1v) is 10.8. The van der Waals surface area contributed by atoms with Crippen molar-refractivity contribution in [3.63, 3.8) is 0 Å². The van der Waals surface area contributed by atoms with E-state index in [1.165, 1.54) is 0 Å². The molecule has 0 spiro atoms. The molecule has 3 aromatic rings. The Morgan fingerprint density at radius 1 is 1.03 bits per heavy atom. The van der Waals surface area contributed by atoms with Gasteiger partial charge in [-0.3, -0.25) is 0 Å². The smallest absolute Gasteiger partial charge is 0.407 e. The molecule has 0 radical (unpaired) electrons. The van der Waals surface area contributed by atoms with E-state index >= 15 is 0 Å². The molecule has 0 aromatic heterocycles. The van der Waals surface area contributed by atoms with Gasteiger partial charge in [-0.25, -0.2) is 4.79 Å². The maximum absolute atomic E-state index is 12.3. The summed E-state index contributed by atoms with van der Waals surface area (Å²) >= 11 is 0. The number of benzene rings is 3. The standard InChI is InChI=1S/C26H25NO5/c28-23(25(29)17-9-10-24-16(13-17)11-12-31-24)14-27-26(30)32-15-22-20-7-3-1-5-18(20)19-6-2-4-8-21(19)22/h1-10,13,22-23,25,28-29H,11-12,14-15H2,(H,27,30). The number of carbonyl (C=O) groups is 1. The molecule has 1 heterocycles. The average Bonchev–Trinajstić information content (AvgIpc) is 3.42. The van der Waals surface area contributed by atoms with Crippen LogP contribution in [0.15, 0.2) is 66.7 Å². The Bertz CT molecular complexity index is 1100. The summed E-state index contributed by atoms with van der Waals surface area (Å²) in [5.74, 6) is 0.782. The Labute approximate surface area is 186 Å². The number of amides is 1. The van der Waals surface area contributed by atoms with E-state index in [1.807, 2.05) is 30.3 Å². The van der Waals surface area contributed by atoms with Gasteiger partial charge >= 0.3 is 6.09 Å². The number of hydrogen-bond donors (Lipinski definition) is 3. The minimum atomic E-state index is -1.16. The lowest BCUT2D eigenvalue weighted by molar-refractivity contribution is 0.0185. The SMILES string of the molecule is O=C(NCC(O)C(O)c1ccc2c(c1)CCO2)OCC1c2ccccc2-c2ccccc21. The lowest BCUT2D eigenvalue weighted by atomic mass is 9.98. The zero-order valence-corrected chi connectivity index (χ0v) is 17.5. The first kappa shape index (κ1) is 20.5. The van der Waals surface area contributed by atoms with Crippen LogP contribution in [0.5, 0.6) is 5.75 Å². The fraction of sp³-hybridized carbons (Fsp3) is 0.269. The van der Waals surface area contributed by atoms with Crippen molar-refractivity contribution in [3.05, 3.63) is 89.0 Å².